The van der Waals surface area contributed by atoms with Crippen molar-refractivity contribution < 1.29 is 19.1 Å². The van der Waals surface area contributed by atoms with Crippen LogP contribution in [0, 0.1) is 5.41 Å². The topological polar surface area (TPSA) is 55.8 Å². The highest BCUT2D eigenvalue weighted by Gasteiger charge is 2.27. The molecule has 0 aromatic heterocycles. The van der Waals surface area contributed by atoms with Gasteiger partial charge in [-0.25, -0.2) is 0 Å². The van der Waals surface area contributed by atoms with E-state index in [4.69, 9.17) is 4.74 Å². The lowest BCUT2D eigenvalue weighted by Gasteiger charge is -2.29. The first-order chi connectivity index (χ1) is 9.18. The first kappa shape index (κ1) is 18.9. The summed E-state index contributed by atoms with van der Waals surface area (Å²) >= 11 is 0. The molecule has 0 saturated heterocycles. The number of nitrogens with zero attached hydrogens (tertiary/aromatic N) is 1. The molecule has 0 aliphatic carbocycles. The fourth-order valence-electron chi connectivity index (χ4n) is 1.69. The Kier molecular flexibility index (Phi) is 8.46. The summed E-state index contributed by atoms with van der Waals surface area (Å²) in [6, 6.07) is 0. The lowest BCUT2D eigenvalue weighted by molar-refractivity contribution is -0.143. The molecule has 5 nitrogen and oxygen atoms in total. The van der Waals surface area contributed by atoms with Crippen LogP contribution >= 0.6 is 0 Å². The van der Waals surface area contributed by atoms with E-state index >= 15 is 0 Å². The quantitative estimate of drug-likeness (QED) is 0.507. The lowest BCUT2D eigenvalue weighted by atomic mass is 9.94. The highest BCUT2D eigenvalue weighted by atomic mass is 16.5. The summed E-state index contributed by atoms with van der Waals surface area (Å²) in [6.07, 6.45) is 1.18. The third kappa shape index (κ3) is 8.15. The Bertz CT molecular complexity index is 307. The van der Waals surface area contributed by atoms with E-state index in [0.717, 1.165) is 6.42 Å². The monoisotopic (exact) mass is 287 g/mol. The normalized spacial score (nSPS) is 11.6. The highest BCUT2D eigenvalue weighted by Crippen LogP contribution is 2.18. The van der Waals surface area contributed by atoms with Gasteiger partial charge in [-0.3, -0.25) is 9.59 Å². The molecule has 0 bridgehead atoms. The zero-order chi connectivity index (χ0) is 15.8. The Morgan fingerprint density at radius 1 is 1.15 bits per heavy atom. The maximum Gasteiger partial charge on any atom is 0.307 e. The summed E-state index contributed by atoms with van der Waals surface area (Å²) in [7, 11) is 1.36. The molecule has 0 aromatic carbocycles. The van der Waals surface area contributed by atoms with Crippen molar-refractivity contribution in [3.63, 3.8) is 0 Å². The van der Waals surface area contributed by atoms with Gasteiger partial charge in [-0.05, 0) is 20.3 Å². The van der Waals surface area contributed by atoms with Crippen LogP contribution < -0.4 is 0 Å². The standard InChI is InChI=1S/C15H29NO4/c1-12(2)20-11-7-9-16(10-8-13(17)19-6)14(18)15(3,4)5/h12H,7-11H2,1-6H3. The number of esters is 1. The summed E-state index contributed by atoms with van der Waals surface area (Å²) in [4.78, 5) is 25.3. The molecule has 0 fully saturated rings. The summed E-state index contributed by atoms with van der Waals surface area (Å²) in [6.45, 7) is 11.2. The molecule has 1 amide bonds. The molecule has 0 radical (unpaired) electrons. The van der Waals surface area contributed by atoms with Gasteiger partial charge in [0.2, 0.25) is 5.91 Å². The summed E-state index contributed by atoms with van der Waals surface area (Å²) < 4.78 is 10.1. The molecule has 0 spiro atoms. The number of amides is 1. The molecule has 0 aliphatic rings. The van der Waals surface area contributed by atoms with Crippen molar-refractivity contribution in [2.75, 3.05) is 26.8 Å². The van der Waals surface area contributed by atoms with E-state index in [-0.39, 0.29) is 24.4 Å². The zero-order valence-electron chi connectivity index (χ0n) is 13.7. The second-order valence-electron chi connectivity index (χ2n) is 6.14. The first-order valence-electron chi connectivity index (χ1n) is 7.16. The molecule has 0 saturated carbocycles. The average Bonchev–Trinajstić information content (AvgIpc) is 2.35. The molecular weight excluding hydrogens is 258 g/mol. The van der Waals surface area contributed by atoms with Crippen LogP contribution in [-0.4, -0.2) is 49.7 Å². The molecule has 20 heavy (non-hydrogen) atoms. The Morgan fingerprint density at radius 3 is 2.20 bits per heavy atom. The van der Waals surface area contributed by atoms with Crippen molar-refractivity contribution in [2.24, 2.45) is 5.41 Å². The molecule has 118 valence electrons. The summed E-state index contributed by atoms with van der Waals surface area (Å²) in [5, 5.41) is 0. The minimum absolute atomic E-state index is 0.0472. The molecule has 0 aromatic rings. The average molecular weight is 287 g/mol. The van der Waals surface area contributed by atoms with Gasteiger partial charge in [-0.15, -0.1) is 0 Å². The van der Waals surface area contributed by atoms with E-state index in [0.29, 0.717) is 19.7 Å². The van der Waals surface area contributed by atoms with Gasteiger partial charge in [0.05, 0.1) is 19.6 Å². The van der Waals surface area contributed by atoms with Gasteiger partial charge in [0.25, 0.3) is 0 Å². The van der Waals surface area contributed by atoms with Crippen LogP contribution in [0.4, 0.5) is 0 Å². The van der Waals surface area contributed by atoms with Crippen molar-refractivity contribution in [1.29, 1.82) is 0 Å². The molecule has 0 unspecified atom stereocenters. The predicted molar refractivity (Wildman–Crippen MR) is 78.4 cm³/mol. The second-order valence-corrected chi connectivity index (χ2v) is 6.14. The number of carbonyl (C=O) groups excluding carboxylic acids is 2. The highest BCUT2D eigenvalue weighted by molar-refractivity contribution is 5.82. The fraction of sp³-hybridized carbons (Fsp3) is 0.867. The van der Waals surface area contributed by atoms with E-state index in [2.05, 4.69) is 4.74 Å². The van der Waals surface area contributed by atoms with Gasteiger partial charge in [0.15, 0.2) is 0 Å². The van der Waals surface area contributed by atoms with Crippen LogP contribution in [0.15, 0.2) is 0 Å². The number of hydrogen-bond acceptors (Lipinski definition) is 4. The van der Waals surface area contributed by atoms with Crippen LogP contribution in [0.2, 0.25) is 0 Å². The maximum absolute atomic E-state index is 12.3. The van der Waals surface area contributed by atoms with Crippen LogP contribution in [0.25, 0.3) is 0 Å². The van der Waals surface area contributed by atoms with Gasteiger partial charge < -0.3 is 14.4 Å². The number of methoxy groups -OCH3 is 1. The van der Waals surface area contributed by atoms with Gasteiger partial charge in [-0.2, -0.15) is 0 Å². The molecule has 0 heterocycles. The molecular formula is C15H29NO4. The lowest BCUT2D eigenvalue weighted by Crippen LogP contribution is -2.41. The van der Waals surface area contributed by atoms with Crippen LogP contribution in [0.1, 0.15) is 47.5 Å². The van der Waals surface area contributed by atoms with E-state index in [1.807, 2.05) is 34.6 Å². The zero-order valence-corrected chi connectivity index (χ0v) is 13.7. The molecule has 0 aliphatic heterocycles. The third-order valence-corrected chi connectivity index (χ3v) is 2.77. The van der Waals surface area contributed by atoms with E-state index < -0.39 is 5.41 Å². The molecule has 5 heteroatoms. The van der Waals surface area contributed by atoms with Crippen LogP contribution in [0.5, 0.6) is 0 Å². The Hall–Kier alpha value is -1.10. The number of carbonyl (C=O) groups is 2. The van der Waals surface area contributed by atoms with Crippen molar-refractivity contribution in [1.82, 2.24) is 4.90 Å². The van der Waals surface area contributed by atoms with Crippen LogP contribution in [0.3, 0.4) is 0 Å². The van der Waals surface area contributed by atoms with Crippen molar-refractivity contribution in [3.8, 4) is 0 Å². The first-order valence-corrected chi connectivity index (χ1v) is 7.16. The van der Waals surface area contributed by atoms with Gasteiger partial charge in [0.1, 0.15) is 0 Å². The predicted octanol–water partition coefficient (Wildman–Crippen LogP) is 2.24. The molecule has 0 atom stereocenters. The number of ether oxygens (including phenoxy) is 2. The largest absolute Gasteiger partial charge is 0.469 e. The Balaban J connectivity index is 4.39. The van der Waals surface area contributed by atoms with E-state index in [1.165, 1.54) is 7.11 Å². The second kappa shape index (κ2) is 8.95. The fourth-order valence-corrected chi connectivity index (χ4v) is 1.69. The van der Waals surface area contributed by atoms with Gasteiger partial charge in [0, 0.05) is 25.1 Å². The van der Waals surface area contributed by atoms with Crippen molar-refractivity contribution >= 4 is 11.9 Å². The third-order valence-electron chi connectivity index (χ3n) is 2.77. The van der Waals surface area contributed by atoms with Crippen molar-refractivity contribution in [2.45, 2.75) is 53.6 Å². The van der Waals surface area contributed by atoms with Crippen LogP contribution in [-0.2, 0) is 19.1 Å². The van der Waals surface area contributed by atoms with Gasteiger partial charge in [-0.1, -0.05) is 20.8 Å². The van der Waals surface area contributed by atoms with Crippen molar-refractivity contribution in [3.05, 3.63) is 0 Å². The summed E-state index contributed by atoms with van der Waals surface area (Å²) in [5.74, 6) is -0.249. The maximum atomic E-state index is 12.3. The SMILES string of the molecule is COC(=O)CCN(CCCOC(C)C)C(=O)C(C)(C)C. The number of rotatable bonds is 8. The Morgan fingerprint density at radius 2 is 1.75 bits per heavy atom. The molecule has 0 rings (SSSR count). The minimum Gasteiger partial charge on any atom is -0.469 e. The minimum atomic E-state index is -0.449. The summed E-state index contributed by atoms with van der Waals surface area (Å²) in [5.41, 5.74) is -0.449. The van der Waals surface area contributed by atoms with Gasteiger partial charge >= 0.3 is 5.97 Å². The van der Waals surface area contributed by atoms with E-state index in [1.54, 1.807) is 4.90 Å². The number of hydrogen-bond donors (Lipinski definition) is 0. The Labute approximate surface area is 122 Å². The smallest absolute Gasteiger partial charge is 0.307 e. The van der Waals surface area contributed by atoms with E-state index in [9.17, 15) is 9.59 Å². The molecule has 0 N–H and O–H groups in total.